The van der Waals surface area contributed by atoms with Crippen LogP contribution in [0.2, 0.25) is 5.02 Å². The molecule has 0 aliphatic heterocycles. The van der Waals surface area contributed by atoms with E-state index in [1.165, 1.54) is 23.1 Å². The first-order valence-electron chi connectivity index (χ1n) is 12.1. The number of carbonyl (C=O) groups excluding carboxylic acids is 2. The molecule has 0 aliphatic carbocycles. The molecule has 3 rings (SSSR count). The molecule has 0 radical (unpaired) electrons. The summed E-state index contributed by atoms with van der Waals surface area (Å²) in [6.07, 6.45) is 0. The van der Waals surface area contributed by atoms with Crippen LogP contribution in [0.15, 0.2) is 88.2 Å². The van der Waals surface area contributed by atoms with Crippen LogP contribution in [0.4, 0.5) is 5.69 Å². The molecule has 7 nitrogen and oxygen atoms in total. The summed E-state index contributed by atoms with van der Waals surface area (Å²) >= 11 is 9.63. The third-order valence-electron chi connectivity index (χ3n) is 5.80. The number of sulfonamides is 1. The number of carbonyl (C=O) groups is 2. The van der Waals surface area contributed by atoms with E-state index in [0.29, 0.717) is 11.6 Å². The van der Waals surface area contributed by atoms with Gasteiger partial charge in [0, 0.05) is 22.6 Å². The summed E-state index contributed by atoms with van der Waals surface area (Å²) in [5.41, 5.74) is 1.03. The Kier molecular flexibility index (Phi) is 10.4. The number of halogens is 2. The Bertz CT molecular complexity index is 1370. The Balaban J connectivity index is 2.00. The summed E-state index contributed by atoms with van der Waals surface area (Å²) in [6.45, 7) is 5.65. The van der Waals surface area contributed by atoms with Crippen molar-refractivity contribution < 1.29 is 18.0 Å². The third-order valence-corrected chi connectivity index (χ3v) is 8.32. The van der Waals surface area contributed by atoms with Gasteiger partial charge in [0.05, 0.1) is 10.6 Å². The summed E-state index contributed by atoms with van der Waals surface area (Å²) < 4.78 is 29.3. The van der Waals surface area contributed by atoms with Crippen molar-refractivity contribution in [2.45, 2.75) is 38.3 Å². The molecule has 3 aromatic rings. The van der Waals surface area contributed by atoms with Gasteiger partial charge < -0.3 is 10.2 Å². The average molecular weight is 621 g/mol. The summed E-state index contributed by atoms with van der Waals surface area (Å²) in [4.78, 5) is 28.3. The van der Waals surface area contributed by atoms with Gasteiger partial charge in [-0.15, -0.1) is 0 Å². The number of anilines is 1. The second-order valence-corrected chi connectivity index (χ2v) is 12.5. The highest BCUT2D eigenvalue weighted by Gasteiger charge is 2.32. The molecular formula is C28H31BrClN3O4S. The van der Waals surface area contributed by atoms with E-state index in [4.69, 9.17) is 11.6 Å². The quantitative estimate of drug-likeness (QED) is 0.307. The molecular weight excluding hydrogens is 590 g/mol. The van der Waals surface area contributed by atoms with Crippen LogP contribution in [-0.4, -0.2) is 44.3 Å². The first kappa shape index (κ1) is 29.7. The lowest BCUT2D eigenvalue weighted by Gasteiger charge is -2.32. The third kappa shape index (κ3) is 7.82. The van der Waals surface area contributed by atoms with E-state index in [9.17, 15) is 18.0 Å². The van der Waals surface area contributed by atoms with Crippen LogP contribution in [0.3, 0.4) is 0 Å². The van der Waals surface area contributed by atoms with E-state index in [-0.39, 0.29) is 29.0 Å². The SMILES string of the molecule is CC(C)CNC(=O)C(C)N(Cc1cccc(Br)c1)C(=O)CN(c1cccc(Cl)c1)S(=O)(=O)c1ccccc1. The molecule has 202 valence electrons. The molecule has 3 aromatic carbocycles. The second-order valence-electron chi connectivity index (χ2n) is 9.27. The maximum atomic E-state index is 13.9. The van der Waals surface area contributed by atoms with Gasteiger partial charge >= 0.3 is 0 Å². The molecule has 1 N–H and O–H groups in total. The smallest absolute Gasteiger partial charge is 0.264 e. The number of hydrogen-bond donors (Lipinski definition) is 1. The Morgan fingerprint density at radius 2 is 1.63 bits per heavy atom. The maximum Gasteiger partial charge on any atom is 0.264 e. The molecule has 0 aromatic heterocycles. The minimum absolute atomic E-state index is 0.0361. The normalized spacial score (nSPS) is 12.2. The van der Waals surface area contributed by atoms with Crippen LogP contribution >= 0.6 is 27.5 Å². The van der Waals surface area contributed by atoms with Gasteiger partial charge in [0.2, 0.25) is 11.8 Å². The first-order chi connectivity index (χ1) is 18.0. The molecule has 0 fully saturated rings. The average Bonchev–Trinajstić information content (AvgIpc) is 2.88. The predicted molar refractivity (Wildman–Crippen MR) is 154 cm³/mol. The second kappa shape index (κ2) is 13.3. The standard InChI is InChI=1S/C28H31BrClN3O4S/c1-20(2)17-31-28(35)21(3)32(18-22-9-7-10-23(29)15-22)27(34)19-33(25-12-8-11-24(30)16-25)38(36,37)26-13-5-4-6-14-26/h4-16,20-21H,17-19H2,1-3H3,(H,31,35). The van der Waals surface area contributed by atoms with Gasteiger partial charge in [-0.2, -0.15) is 0 Å². The van der Waals surface area contributed by atoms with Crippen molar-refractivity contribution in [1.82, 2.24) is 10.2 Å². The molecule has 0 spiro atoms. The van der Waals surface area contributed by atoms with Crippen LogP contribution in [0.5, 0.6) is 0 Å². The zero-order valence-electron chi connectivity index (χ0n) is 21.5. The number of nitrogens with one attached hydrogen (secondary N) is 1. The molecule has 10 heteroatoms. The van der Waals surface area contributed by atoms with Crippen molar-refractivity contribution in [3.8, 4) is 0 Å². The van der Waals surface area contributed by atoms with Gasteiger partial charge in [-0.3, -0.25) is 13.9 Å². The minimum atomic E-state index is -4.13. The molecule has 1 atom stereocenters. The highest BCUT2D eigenvalue weighted by molar-refractivity contribution is 9.10. The van der Waals surface area contributed by atoms with Crippen molar-refractivity contribution in [3.05, 3.63) is 93.9 Å². The number of rotatable bonds is 11. The molecule has 1 unspecified atom stereocenters. The number of hydrogen-bond acceptors (Lipinski definition) is 4. The zero-order chi connectivity index (χ0) is 27.9. The van der Waals surface area contributed by atoms with Crippen LogP contribution in [0.1, 0.15) is 26.3 Å². The van der Waals surface area contributed by atoms with E-state index < -0.39 is 28.5 Å². The van der Waals surface area contributed by atoms with Gasteiger partial charge in [-0.05, 0) is 60.9 Å². The van der Waals surface area contributed by atoms with Crippen molar-refractivity contribution in [1.29, 1.82) is 0 Å². The Hall–Kier alpha value is -2.88. The highest BCUT2D eigenvalue weighted by atomic mass is 79.9. The van der Waals surface area contributed by atoms with Crippen molar-refractivity contribution >= 4 is 55.1 Å². The van der Waals surface area contributed by atoms with E-state index in [1.54, 1.807) is 43.3 Å². The lowest BCUT2D eigenvalue weighted by Crippen LogP contribution is -2.51. The van der Waals surface area contributed by atoms with Gasteiger partial charge in [0.1, 0.15) is 12.6 Å². The van der Waals surface area contributed by atoms with Crippen LogP contribution in [0.25, 0.3) is 0 Å². The van der Waals surface area contributed by atoms with Gasteiger partial charge in [-0.25, -0.2) is 8.42 Å². The molecule has 0 saturated carbocycles. The molecule has 0 heterocycles. The molecule has 0 saturated heterocycles. The maximum absolute atomic E-state index is 13.9. The van der Waals surface area contributed by atoms with Gasteiger partial charge in [-0.1, -0.05) is 77.8 Å². The summed E-state index contributed by atoms with van der Waals surface area (Å²) in [7, 11) is -4.13. The van der Waals surface area contributed by atoms with Crippen LogP contribution in [-0.2, 0) is 26.2 Å². The first-order valence-corrected chi connectivity index (χ1v) is 14.7. The number of benzene rings is 3. The fourth-order valence-corrected chi connectivity index (χ4v) is 5.80. The topological polar surface area (TPSA) is 86.8 Å². The lowest BCUT2D eigenvalue weighted by atomic mass is 10.1. The largest absolute Gasteiger partial charge is 0.354 e. The predicted octanol–water partition coefficient (Wildman–Crippen LogP) is 5.49. The Labute approximate surface area is 238 Å². The van der Waals surface area contributed by atoms with Gasteiger partial charge in [0.25, 0.3) is 10.0 Å². The van der Waals surface area contributed by atoms with Gasteiger partial charge in [0.15, 0.2) is 0 Å². The molecule has 38 heavy (non-hydrogen) atoms. The number of amides is 2. The zero-order valence-corrected chi connectivity index (χ0v) is 24.6. The fourth-order valence-electron chi connectivity index (χ4n) is 3.75. The molecule has 2 amide bonds. The van der Waals surface area contributed by atoms with Crippen molar-refractivity contribution in [2.75, 3.05) is 17.4 Å². The lowest BCUT2D eigenvalue weighted by molar-refractivity contribution is -0.139. The van der Waals surface area contributed by atoms with Crippen LogP contribution < -0.4 is 9.62 Å². The summed E-state index contributed by atoms with van der Waals surface area (Å²) in [6, 6.07) is 20.8. The van der Waals surface area contributed by atoms with E-state index >= 15 is 0 Å². The molecule has 0 bridgehead atoms. The van der Waals surface area contributed by atoms with E-state index in [1.807, 2.05) is 38.1 Å². The van der Waals surface area contributed by atoms with E-state index in [2.05, 4.69) is 21.2 Å². The summed E-state index contributed by atoms with van der Waals surface area (Å²) in [5.74, 6) is -0.617. The number of nitrogens with zero attached hydrogens (tertiary/aromatic N) is 2. The van der Waals surface area contributed by atoms with Crippen molar-refractivity contribution in [2.24, 2.45) is 5.92 Å². The minimum Gasteiger partial charge on any atom is -0.354 e. The Morgan fingerprint density at radius 3 is 2.26 bits per heavy atom. The highest BCUT2D eigenvalue weighted by Crippen LogP contribution is 2.27. The van der Waals surface area contributed by atoms with Crippen molar-refractivity contribution in [3.63, 3.8) is 0 Å². The Morgan fingerprint density at radius 1 is 0.947 bits per heavy atom. The van der Waals surface area contributed by atoms with E-state index in [0.717, 1.165) is 14.3 Å². The monoisotopic (exact) mass is 619 g/mol. The van der Waals surface area contributed by atoms with Crippen LogP contribution in [0, 0.1) is 5.92 Å². The fraction of sp³-hybridized carbons (Fsp3) is 0.286. The summed E-state index contributed by atoms with van der Waals surface area (Å²) in [5, 5.41) is 3.20. The molecule has 0 aliphatic rings.